The molecule has 0 aromatic heterocycles. The molecule has 2 fully saturated rings. The maximum absolute atomic E-state index is 12.8. The lowest BCUT2D eigenvalue weighted by Crippen LogP contribution is -2.53. The number of carboxylic acid groups (broad SMARTS) is 1. The van der Waals surface area contributed by atoms with E-state index in [9.17, 15) is 14.7 Å². The fourth-order valence-electron chi connectivity index (χ4n) is 3.77. The van der Waals surface area contributed by atoms with E-state index in [4.69, 9.17) is 0 Å². The summed E-state index contributed by atoms with van der Waals surface area (Å²) in [7, 11) is 1.78. The second-order valence-corrected chi connectivity index (χ2v) is 7.73. The SMILES string of the molecule is CC(N(C)C(=O)N1CC2CCCC2C1C(=O)O)C(C)(C)C. The Hall–Kier alpha value is -1.26. The summed E-state index contributed by atoms with van der Waals surface area (Å²) in [6, 6.07) is -0.723. The van der Waals surface area contributed by atoms with Gasteiger partial charge in [-0.1, -0.05) is 27.2 Å². The van der Waals surface area contributed by atoms with Crippen LogP contribution in [0.25, 0.3) is 0 Å². The number of likely N-dealkylation sites (tertiary alicyclic amines) is 1. The first-order valence-electron chi connectivity index (χ1n) is 7.91. The van der Waals surface area contributed by atoms with Crippen LogP contribution < -0.4 is 0 Å². The van der Waals surface area contributed by atoms with Gasteiger partial charge in [-0.3, -0.25) is 0 Å². The number of fused-ring (bicyclic) bond motifs is 1. The predicted molar refractivity (Wildman–Crippen MR) is 81.0 cm³/mol. The lowest BCUT2D eigenvalue weighted by molar-refractivity contribution is -0.142. The average Bonchev–Trinajstić information content (AvgIpc) is 2.93. The van der Waals surface area contributed by atoms with Gasteiger partial charge in [0.15, 0.2) is 0 Å². The Labute approximate surface area is 127 Å². The Kier molecular flexibility index (Phi) is 4.22. The maximum atomic E-state index is 12.8. The van der Waals surface area contributed by atoms with Gasteiger partial charge in [0.25, 0.3) is 0 Å². The summed E-state index contributed by atoms with van der Waals surface area (Å²) in [6.45, 7) is 8.89. The highest BCUT2D eigenvalue weighted by molar-refractivity contribution is 5.84. The number of amides is 2. The molecule has 0 radical (unpaired) electrons. The van der Waals surface area contributed by atoms with Crippen LogP contribution in [0, 0.1) is 17.3 Å². The Morgan fingerprint density at radius 1 is 1.29 bits per heavy atom. The Morgan fingerprint density at radius 3 is 2.43 bits per heavy atom. The molecule has 2 amide bonds. The molecule has 4 unspecified atom stereocenters. The first kappa shape index (κ1) is 16.1. The Morgan fingerprint density at radius 2 is 1.90 bits per heavy atom. The molecule has 2 rings (SSSR count). The molecular weight excluding hydrogens is 268 g/mol. The van der Waals surface area contributed by atoms with Crippen molar-refractivity contribution in [3.05, 3.63) is 0 Å². The number of hydrogen-bond donors (Lipinski definition) is 1. The van der Waals surface area contributed by atoms with Crippen LogP contribution in [0.3, 0.4) is 0 Å². The van der Waals surface area contributed by atoms with Gasteiger partial charge in [-0.15, -0.1) is 0 Å². The lowest BCUT2D eigenvalue weighted by atomic mass is 9.87. The summed E-state index contributed by atoms with van der Waals surface area (Å²) < 4.78 is 0. The van der Waals surface area contributed by atoms with Gasteiger partial charge in [0.2, 0.25) is 0 Å². The molecule has 1 saturated carbocycles. The molecule has 0 bridgehead atoms. The van der Waals surface area contributed by atoms with Gasteiger partial charge in [-0.2, -0.15) is 0 Å². The van der Waals surface area contributed by atoms with Crippen LogP contribution in [0.4, 0.5) is 4.79 Å². The molecule has 0 aromatic carbocycles. The van der Waals surface area contributed by atoms with Crippen LogP contribution in [0.15, 0.2) is 0 Å². The summed E-state index contributed by atoms with van der Waals surface area (Å²) in [5.41, 5.74) is -0.0290. The minimum atomic E-state index is -0.852. The van der Waals surface area contributed by atoms with Crippen molar-refractivity contribution in [1.82, 2.24) is 9.80 Å². The molecule has 5 heteroatoms. The molecule has 120 valence electrons. The van der Waals surface area contributed by atoms with Crippen molar-refractivity contribution < 1.29 is 14.7 Å². The number of nitrogens with zero attached hydrogens (tertiary/aromatic N) is 2. The number of carbonyl (C=O) groups excluding carboxylic acids is 1. The fraction of sp³-hybridized carbons (Fsp3) is 0.875. The first-order chi connectivity index (χ1) is 9.64. The highest BCUT2D eigenvalue weighted by Crippen LogP contribution is 2.42. The molecule has 1 N–H and O–H groups in total. The molecular formula is C16H28N2O3. The molecule has 21 heavy (non-hydrogen) atoms. The minimum absolute atomic E-state index is 0.0290. The topological polar surface area (TPSA) is 60.9 Å². The van der Waals surface area contributed by atoms with Gasteiger partial charge >= 0.3 is 12.0 Å². The van der Waals surface area contributed by atoms with Crippen LogP contribution in [-0.2, 0) is 4.79 Å². The van der Waals surface area contributed by atoms with Crippen molar-refractivity contribution in [3.63, 3.8) is 0 Å². The van der Waals surface area contributed by atoms with Gasteiger partial charge in [0, 0.05) is 19.6 Å². The first-order valence-corrected chi connectivity index (χ1v) is 7.91. The standard InChI is InChI=1S/C16H28N2O3/c1-10(16(2,3)4)17(5)15(21)18-9-11-7-6-8-12(11)13(18)14(19)20/h10-13H,6-9H2,1-5H3,(H,19,20). The Balaban J connectivity index is 2.16. The van der Waals surface area contributed by atoms with Crippen molar-refractivity contribution in [1.29, 1.82) is 0 Å². The van der Waals surface area contributed by atoms with Crippen molar-refractivity contribution in [2.24, 2.45) is 17.3 Å². The van der Waals surface area contributed by atoms with Crippen LogP contribution >= 0.6 is 0 Å². The van der Waals surface area contributed by atoms with Crippen LogP contribution in [0.1, 0.15) is 47.0 Å². The normalized spacial score (nSPS) is 30.1. The van der Waals surface area contributed by atoms with Gasteiger partial charge < -0.3 is 14.9 Å². The van der Waals surface area contributed by atoms with Crippen molar-refractivity contribution >= 4 is 12.0 Å². The van der Waals surface area contributed by atoms with Crippen molar-refractivity contribution in [2.45, 2.75) is 59.0 Å². The van der Waals surface area contributed by atoms with Crippen molar-refractivity contribution in [3.8, 4) is 0 Å². The molecule has 1 heterocycles. The largest absolute Gasteiger partial charge is 0.480 e. The second kappa shape index (κ2) is 5.50. The summed E-state index contributed by atoms with van der Waals surface area (Å²) in [4.78, 5) is 27.7. The summed E-state index contributed by atoms with van der Waals surface area (Å²) in [5.74, 6) is -0.340. The average molecular weight is 296 g/mol. The number of aliphatic carboxylic acids is 1. The number of hydrogen-bond acceptors (Lipinski definition) is 2. The number of rotatable bonds is 2. The van der Waals surface area contributed by atoms with Crippen LogP contribution in [-0.4, -0.2) is 52.6 Å². The molecule has 2 aliphatic rings. The second-order valence-electron chi connectivity index (χ2n) is 7.73. The van der Waals surface area contributed by atoms with E-state index in [2.05, 4.69) is 20.8 Å². The monoisotopic (exact) mass is 296 g/mol. The highest BCUT2D eigenvalue weighted by Gasteiger charge is 2.50. The number of carboxylic acids is 1. The van der Waals surface area contributed by atoms with E-state index in [1.54, 1.807) is 16.8 Å². The molecule has 1 aliphatic carbocycles. The van der Waals surface area contributed by atoms with E-state index < -0.39 is 12.0 Å². The molecule has 1 saturated heterocycles. The highest BCUT2D eigenvalue weighted by atomic mass is 16.4. The van der Waals surface area contributed by atoms with Crippen LogP contribution in [0.2, 0.25) is 0 Å². The van der Waals surface area contributed by atoms with Crippen LogP contribution in [0.5, 0.6) is 0 Å². The van der Waals surface area contributed by atoms with E-state index in [0.717, 1.165) is 19.3 Å². The van der Waals surface area contributed by atoms with E-state index in [0.29, 0.717) is 12.5 Å². The smallest absolute Gasteiger partial charge is 0.326 e. The van der Waals surface area contributed by atoms with Gasteiger partial charge in [0.1, 0.15) is 6.04 Å². The minimum Gasteiger partial charge on any atom is -0.480 e. The zero-order valence-corrected chi connectivity index (χ0v) is 13.8. The Bertz CT molecular complexity index is 430. The third-order valence-corrected chi connectivity index (χ3v) is 5.53. The van der Waals surface area contributed by atoms with Crippen molar-refractivity contribution in [2.75, 3.05) is 13.6 Å². The maximum Gasteiger partial charge on any atom is 0.326 e. The van der Waals surface area contributed by atoms with Gasteiger partial charge in [0.05, 0.1) is 0 Å². The zero-order valence-electron chi connectivity index (χ0n) is 13.8. The zero-order chi connectivity index (χ0) is 15.9. The van der Waals surface area contributed by atoms with E-state index in [1.807, 2.05) is 6.92 Å². The van der Waals surface area contributed by atoms with E-state index in [1.165, 1.54) is 0 Å². The van der Waals surface area contributed by atoms with Gasteiger partial charge in [-0.05, 0) is 37.0 Å². The summed E-state index contributed by atoms with van der Waals surface area (Å²) in [5, 5.41) is 9.55. The van der Waals surface area contributed by atoms with E-state index >= 15 is 0 Å². The van der Waals surface area contributed by atoms with E-state index in [-0.39, 0.29) is 23.4 Å². The third-order valence-electron chi connectivity index (χ3n) is 5.53. The predicted octanol–water partition coefficient (Wildman–Crippen LogP) is 2.66. The third kappa shape index (κ3) is 2.87. The summed E-state index contributed by atoms with van der Waals surface area (Å²) in [6.07, 6.45) is 3.08. The summed E-state index contributed by atoms with van der Waals surface area (Å²) >= 11 is 0. The molecule has 5 nitrogen and oxygen atoms in total. The molecule has 4 atom stereocenters. The fourth-order valence-corrected chi connectivity index (χ4v) is 3.77. The van der Waals surface area contributed by atoms with Gasteiger partial charge in [-0.25, -0.2) is 9.59 Å². The molecule has 0 spiro atoms. The molecule has 0 aromatic rings. The molecule has 1 aliphatic heterocycles. The number of carbonyl (C=O) groups is 2. The lowest BCUT2D eigenvalue weighted by Gasteiger charge is -2.38. The number of urea groups is 1. The quantitative estimate of drug-likeness (QED) is 0.852.